The van der Waals surface area contributed by atoms with Crippen LogP contribution < -0.4 is 10.6 Å². The summed E-state index contributed by atoms with van der Waals surface area (Å²) in [5, 5.41) is 15.0. The van der Waals surface area contributed by atoms with E-state index in [1.165, 1.54) is 37.6 Å². The molecule has 3 N–H and O–H groups in total. The summed E-state index contributed by atoms with van der Waals surface area (Å²) in [6.45, 7) is 0.282. The minimum Gasteiger partial charge on any atom is -0.366 e. The summed E-state index contributed by atoms with van der Waals surface area (Å²) >= 11 is 0. The predicted molar refractivity (Wildman–Crippen MR) is 125 cm³/mol. The number of hydrogen-bond acceptors (Lipinski definition) is 8. The normalized spacial score (nSPS) is 17.1. The van der Waals surface area contributed by atoms with Crippen molar-refractivity contribution in [2.75, 3.05) is 26.7 Å². The van der Waals surface area contributed by atoms with Crippen molar-refractivity contribution < 1.29 is 45.0 Å². The molecular weight excluding hydrogens is 539 g/mol. The molecule has 38 heavy (non-hydrogen) atoms. The molecule has 15 heteroatoms. The first-order chi connectivity index (χ1) is 17.7. The lowest BCUT2D eigenvalue weighted by Gasteiger charge is -2.35. The van der Waals surface area contributed by atoms with Crippen molar-refractivity contribution in [1.29, 1.82) is 0 Å². The van der Waals surface area contributed by atoms with Gasteiger partial charge in [0.1, 0.15) is 0 Å². The standard InChI is InChI=1S/C23H27F5N4O5S/c1-37-19(33)14-32-20(34)21(8-10-29-11-9-21)38(35,36)17-4-2-15(3-5-17)18-13-30-16(12-31-18)6-7-22(24,25)23(26,27)28/h2-5,12-13,19,29,33H,6-11,14H2,1H3,(H,32,34). The zero-order valence-electron chi connectivity index (χ0n) is 20.3. The van der Waals surface area contributed by atoms with E-state index in [4.69, 9.17) is 0 Å². The van der Waals surface area contributed by atoms with Gasteiger partial charge in [0.25, 0.3) is 0 Å². The lowest BCUT2D eigenvalue weighted by atomic mass is 9.96. The van der Waals surface area contributed by atoms with Crippen LogP contribution in [0.25, 0.3) is 11.3 Å². The second kappa shape index (κ2) is 11.6. The molecule has 9 nitrogen and oxygen atoms in total. The molecule has 3 rings (SSSR count). The molecule has 210 valence electrons. The fourth-order valence-electron chi connectivity index (χ4n) is 3.96. The molecule has 1 fully saturated rings. The zero-order valence-corrected chi connectivity index (χ0v) is 21.1. The monoisotopic (exact) mass is 566 g/mol. The number of aryl methyl sites for hydroxylation is 1. The number of nitrogens with one attached hydrogen (secondary N) is 2. The van der Waals surface area contributed by atoms with Gasteiger partial charge < -0.3 is 20.5 Å². The second-order valence-corrected chi connectivity index (χ2v) is 11.0. The van der Waals surface area contributed by atoms with Gasteiger partial charge in [-0.05, 0) is 44.5 Å². The number of rotatable bonds is 10. The summed E-state index contributed by atoms with van der Waals surface area (Å²) in [7, 11) is -2.95. The molecule has 1 amide bonds. The van der Waals surface area contributed by atoms with E-state index in [9.17, 15) is 40.3 Å². The first-order valence-electron chi connectivity index (χ1n) is 11.5. The Labute approximate surface area is 215 Å². The maximum atomic E-state index is 13.6. The van der Waals surface area contributed by atoms with Crippen LogP contribution in [0.4, 0.5) is 22.0 Å². The Hall–Kier alpha value is -2.75. The molecule has 1 unspecified atom stereocenters. The molecule has 0 radical (unpaired) electrons. The van der Waals surface area contributed by atoms with E-state index in [0.717, 1.165) is 6.20 Å². The first kappa shape index (κ1) is 29.8. The minimum atomic E-state index is -5.65. The van der Waals surface area contributed by atoms with E-state index in [1.54, 1.807) is 0 Å². The summed E-state index contributed by atoms with van der Waals surface area (Å²) in [6.07, 6.45) is -6.78. The molecule has 0 spiro atoms. The van der Waals surface area contributed by atoms with Crippen LogP contribution in [0.2, 0.25) is 0 Å². The second-order valence-electron chi connectivity index (χ2n) is 8.77. The highest BCUT2D eigenvalue weighted by molar-refractivity contribution is 7.93. The maximum Gasteiger partial charge on any atom is 0.453 e. The van der Waals surface area contributed by atoms with Gasteiger partial charge in [-0.25, -0.2) is 8.42 Å². The van der Waals surface area contributed by atoms with Crippen LogP contribution >= 0.6 is 0 Å². The van der Waals surface area contributed by atoms with Gasteiger partial charge >= 0.3 is 12.1 Å². The number of piperidine rings is 1. The number of amides is 1. The van der Waals surface area contributed by atoms with Crippen molar-refractivity contribution in [3.8, 4) is 11.3 Å². The number of carbonyl (C=O) groups is 1. The van der Waals surface area contributed by atoms with Crippen molar-refractivity contribution in [2.24, 2.45) is 0 Å². The quantitative estimate of drug-likeness (QED) is 0.295. The van der Waals surface area contributed by atoms with Crippen LogP contribution in [0.3, 0.4) is 0 Å². The third kappa shape index (κ3) is 6.27. The molecule has 0 saturated carbocycles. The average molecular weight is 567 g/mol. The molecule has 1 aromatic heterocycles. The Bertz CT molecular complexity index is 1200. The van der Waals surface area contributed by atoms with E-state index >= 15 is 0 Å². The molecule has 1 aromatic carbocycles. The van der Waals surface area contributed by atoms with Gasteiger partial charge in [0.15, 0.2) is 20.9 Å². The molecular formula is C23H27F5N4O5S. The topological polar surface area (TPSA) is 131 Å². The number of hydrogen-bond donors (Lipinski definition) is 3. The Balaban J connectivity index is 1.78. The number of halogens is 5. The van der Waals surface area contributed by atoms with E-state index < -0.39 is 51.7 Å². The summed E-state index contributed by atoms with van der Waals surface area (Å²) in [4.78, 5) is 20.8. The Morgan fingerprint density at radius 2 is 1.76 bits per heavy atom. The maximum absolute atomic E-state index is 13.6. The molecule has 1 aliphatic rings. The third-order valence-corrected chi connectivity index (χ3v) is 8.84. The summed E-state index contributed by atoms with van der Waals surface area (Å²) < 4.78 is 93.5. The summed E-state index contributed by atoms with van der Waals surface area (Å²) in [5.41, 5.74) is 0.591. The third-order valence-electron chi connectivity index (χ3n) is 6.32. The average Bonchev–Trinajstić information content (AvgIpc) is 2.90. The van der Waals surface area contributed by atoms with E-state index in [2.05, 4.69) is 25.3 Å². The number of aliphatic hydroxyl groups is 1. The lowest BCUT2D eigenvalue weighted by Crippen LogP contribution is -2.58. The van der Waals surface area contributed by atoms with Crippen molar-refractivity contribution in [3.63, 3.8) is 0 Å². The largest absolute Gasteiger partial charge is 0.453 e. The Morgan fingerprint density at radius 1 is 1.13 bits per heavy atom. The fourth-order valence-corrected chi connectivity index (χ4v) is 5.97. The molecule has 1 saturated heterocycles. The van der Waals surface area contributed by atoms with Gasteiger partial charge in [0.05, 0.1) is 29.0 Å². The van der Waals surface area contributed by atoms with E-state index in [1.807, 2.05) is 0 Å². The molecule has 0 bridgehead atoms. The minimum absolute atomic E-state index is 0.00627. The lowest BCUT2D eigenvalue weighted by molar-refractivity contribution is -0.284. The fraction of sp³-hybridized carbons (Fsp3) is 0.522. The van der Waals surface area contributed by atoms with Crippen molar-refractivity contribution >= 4 is 15.7 Å². The molecule has 2 heterocycles. The molecule has 1 atom stereocenters. The SMILES string of the molecule is COC(O)CNC(=O)C1(S(=O)(=O)c2ccc(-c3cnc(CCC(F)(F)C(F)(F)F)cn3)cc2)CCNCC1. The number of sulfone groups is 1. The van der Waals surface area contributed by atoms with Crippen molar-refractivity contribution in [2.45, 2.75) is 53.7 Å². The summed E-state index contributed by atoms with van der Waals surface area (Å²) in [5.74, 6) is -5.60. The van der Waals surface area contributed by atoms with Gasteiger partial charge in [0.2, 0.25) is 5.91 Å². The molecule has 2 aromatic rings. The van der Waals surface area contributed by atoms with Gasteiger partial charge in [-0.2, -0.15) is 22.0 Å². The Morgan fingerprint density at radius 3 is 2.29 bits per heavy atom. The number of alkyl halides is 5. The van der Waals surface area contributed by atoms with Gasteiger partial charge in [0, 0.05) is 25.3 Å². The van der Waals surface area contributed by atoms with E-state index in [0.29, 0.717) is 5.56 Å². The first-order valence-corrected chi connectivity index (χ1v) is 13.0. The van der Waals surface area contributed by atoms with Crippen LogP contribution in [0.5, 0.6) is 0 Å². The molecule has 0 aliphatic carbocycles. The predicted octanol–water partition coefficient (Wildman–Crippen LogP) is 2.25. The zero-order chi connectivity index (χ0) is 28.2. The number of aliphatic hydroxyl groups excluding tert-OH is 1. The number of methoxy groups -OCH3 is 1. The number of nitrogens with zero attached hydrogens (tertiary/aromatic N) is 2. The van der Waals surface area contributed by atoms with Gasteiger partial charge in [-0.1, -0.05) is 12.1 Å². The highest BCUT2D eigenvalue weighted by atomic mass is 32.2. The smallest absolute Gasteiger partial charge is 0.366 e. The van der Waals surface area contributed by atoms with Crippen molar-refractivity contribution in [1.82, 2.24) is 20.6 Å². The van der Waals surface area contributed by atoms with Crippen LogP contribution in [-0.2, 0) is 25.8 Å². The van der Waals surface area contributed by atoms with Crippen LogP contribution in [0.1, 0.15) is 25.0 Å². The van der Waals surface area contributed by atoms with Crippen LogP contribution in [-0.4, -0.2) is 79.3 Å². The molecule has 1 aliphatic heterocycles. The number of aromatic nitrogens is 2. The number of benzene rings is 1. The number of ether oxygens (including phenoxy) is 1. The van der Waals surface area contributed by atoms with Gasteiger partial charge in [-0.15, -0.1) is 0 Å². The van der Waals surface area contributed by atoms with E-state index in [-0.39, 0.29) is 48.8 Å². The van der Waals surface area contributed by atoms with Crippen LogP contribution in [0.15, 0.2) is 41.6 Å². The van der Waals surface area contributed by atoms with Crippen LogP contribution in [0, 0.1) is 0 Å². The summed E-state index contributed by atoms with van der Waals surface area (Å²) in [6, 6.07) is 5.45. The number of carbonyl (C=O) groups excluding carboxylic acids is 1. The highest BCUT2D eigenvalue weighted by Crippen LogP contribution is 2.39. The highest BCUT2D eigenvalue weighted by Gasteiger charge is 2.56. The van der Waals surface area contributed by atoms with Crippen molar-refractivity contribution in [3.05, 3.63) is 42.4 Å². The Kier molecular flexibility index (Phi) is 9.06. The van der Waals surface area contributed by atoms with Gasteiger partial charge in [-0.3, -0.25) is 14.8 Å².